The SMILES string of the molecule is C[C@@H]1C[C@@H](c2nc3c(F)cccc3s2)CCN1C[C@H](O)COc1cccc2[nH]ccc12.O=C(O)C(=O)O. The Labute approximate surface area is 216 Å². The van der Waals surface area contributed by atoms with Crippen molar-refractivity contribution in [3.8, 4) is 5.75 Å². The molecule has 3 atom stereocenters. The molecule has 4 N–H and O–H groups in total. The van der Waals surface area contributed by atoms with E-state index in [1.54, 1.807) is 17.4 Å². The molecule has 0 saturated carbocycles. The van der Waals surface area contributed by atoms with Crippen LogP contribution in [0.4, 0.5) is 4.39 Å². The third-order valence-corrected chi connectivity index (χ3v) is 7.55. The summed E-state index contributed by atoms with van der Waals surface area (Å²) in [5.74, 6) is -2.77. The molecule has 2 aromatic carbocycles. The first-order valence-corrected chi connectivity index (χ1v) is 12.7. The molecule has 0 aliphatic carbocycles. The van der Waals surface area contributed by atoms with Crippen LogP contribution in [0, 0.1) is 5.82 Å². The molecule has 2 aromatic heterocycles. The minimum absolute atomic E-state index is 0.246. The maximum atomic E-state index is 14.0. The zero-order valence-electron chi connectivity index (χ0n) is 20.1. The number of H-pyrrole nitrogens is 1. The van der Waals surface area contributed by atoms with Crippen LogP contribution in [0.25, 0.3) is 21.1 Å². The predicted molar refractivity (Wildman–Crippen MR) is 138 cm³/mol. The molecule has 0 unspecified atom stereocenters. The van der Waals surface area contributed by atoms with Crippen LogP contribution in [-0.4, -0.2) is 74.0 Å². The number of carbonyl (C=O) groups is 2. The first-order valence-electron chi connectivity index (χ1n) is 11.8. The van der Waals surface area contributed by atoms with Crippen molar-refractivity contribution in [3.63, 3.8) is 0 Å². The number of aromatic nitrogens is 2. The number of hydrogen-bond acceptors (Lipinski definition) is 7. The van der Waals surface area contributed by atoms with Crippen LogP contribution in [-0.2, 0) is 9.59 Å². The maximum Gasteiger partial charge on any atom is 0.414 e. The number of aliphatic carboxylic acids is 2. The van der Waals surface area contributed by atoms with Gasteiger partial charge in [0.1, 0.15) is 29.8 Å². The molecule has 11 heteroatoms. The Morgan fingerprint density at radius 1 is 1.22 bits per heavy atom. The predicted octanol–water partition coefficient (Wildman–Crippen LogP) is 4.08. The van der Waals surface area contributed by atoms with Crippen LogP contribution < -0.4 is 4.74 Å². The average Bonchev–Trinajstić information content (AvgIpc) is 3.52. The molecular formula is C26H28FN3O6S. The number of halogens is 1. The number of carboxylic acids is 2. The molecule has 0 amide bonds. The number of ether oxygens (including phenoxy) is 1. The number of benzene rings is 2. The third kappa shape index (κ3) is 6.43. The summed E-state index contributed by atoms with van der Waals surface area (Å²) in [6.07, 6.45) is 3.24. The number of likely N-dealkylation sites (tertiary alicyclic amines) is 1. The zero-order valence-corrected chi connectivity index (χ0v) is 20.9. The second kappa shape index (κ2) is 11.7. The van der Waals surface area contributed by atoms with Gasteiger partial charge in [-0.2, -0.15) is 0 Å². The van der Waals surface area contributed by atoms with E-state index >= 15 is 0 Å². The van der Waals surface area contributed by atoms with Crippen LogP contribution in [0.15, 0.2) is 48.7 Å². The Balaban J connectivity index is 0.000000480. The monoisotopic (exact) mass is 529 g/mol. The van der Waals surface area contributed by atoms with Crippen molar-refractivity contribution >= 4 is 44.4 Å². The summed E-state index contributed by atoms with van der Waals surface area (Å²) in [7, 11) is 0. The molecular weight excluding hydrogens is 501 g/mol. The summed E-state index contributed by atoms with van der Waals surface area (Å²) >= 11 is 1.60. The van der Waals surface area contributed by atoms with Gasteiger partial charge >= 0.3 is 11.9 Å². The number of nitrogens with zero attached hydrogens (tertiary/aromatic N) is 2. The number of para-hydroxylation sites is 1. The van der Waals surface area contributed by atoms with Crippen LogP contribution in [0.2, 0.25) is 0 Å². The summed E-state index contributed by atoms with van der Waals surface area (Å²) in [5, 5.41) is 27.4. The number of thiazole rings is 1. The Morgan fingerprint density at radius 2 is 1.97 bits per heavy atom. The number of aliphatic hydroxyl groups excluding tert-OH is 1. The average molecular weight is 530 g/mol. The minimum Gasteiger partial charge on any atom is -0.490 e. The van der Waals surface area contributed by atoms with Gasteiger partial charge in [-0.1, -0.05) is 12.1 Å². The highest BCUT2D eigenvalue weighted by molar-refractivity contribution is 7.18. The van der Waals surface area contributed by atoms with Gasteiger partial charge < -0.3 is 25.0 Å². The van der Waals surface area contributed by atoms with E-state index in [4.69, 9.17) is 24.5 Å². The van der Waals surface area contributed by atoms with Gasteiger partial charge in [0.2, 0.25) is 0 Å². The molecule has 5 rings (SSSR count). The number of nitrogens with one attached hydrogen (secondary N) is 1. The lowest BCUT2D eigenvalue weighted by Crippen LogP contribution is -2.45. The Kier molecular flexibility index (Phi) is 8.37. The number of hydrogen-bond donors (Lipinski definition) is 4. The molecule has 0 spiro atoms. The summed E-state index contributed by atoms with van der Waals surface area (Å²) in [4.78, 5) is 28.3. The summed E-state index contributed by atoms with van der Waals surface area (Å²) in [6.45, 7) is 3.91. The standard InChI is InChI=1S/C24H26FN3O2S.C2H2O4/c1-15-12-16(24-27-23-19(25)4-2-7-22(23)31-24)9-11-28(15)13-17(29)14-30-21-6-3-5-20-18(21)8-10-26-20;3-1(4)2(5)6/h2-8,10,15-17,26,29H,9,11-14H2,1H3;(H,3,4)(H,5,6)/t15-,16+,17+;/m1./s1. The van der Waals surface area contributed by atoms with Crippen LogP contribution in [0.1, 0.15) is 30.7 Å². The number of β-amino-alcohol motifs (C(OH)–C–C–N with tert-alkyl or cyclic N) is 1. The van der Waals surface area contributed by atoms with Crippen molar-refractivity contribution in [1.82, 2.24) is 14.9 Å². The molecule has 1 aliphatic heterocycles. The normalized spacial score (nSPS) is 18.8. The van der Waals surface area contributed by atoms with E-state index in [0.717, 1.165) is 45.7 Å². The largest absolute Gasteiger partial charge is 0.490 e. The highest BCUT2D eigenvalue weighted by Gasteiger charge is 2.30. The first kappa shape index (κ1) is 26.5. The lowest BCUT2D eigenvalue weighted by Gasteiger charge is -2.38. The number of fused-ring (bicyclic) bond motifs is 2. The van der Waals surface area contributed by atoms with Gasteiger partial charge in [0, 0.05) is 35.6 Å². The van der Waals surface area contributed by atoms with Gasteiger partial charge in [-0.25, -0.2) is 19.0 Å². The minimum atomic E-state index is -1.82. The number of aliphatic hydroxyl groups is 1. The van der Waals surface area contributed by atoms with Gasteiger partial charge in [-0.15, -0.1) is 11.3 Å². The number of aromatic amines is 1. The summed E-state index contributed by atoms with van der Waals surface area (Å²) < 4.78 is 20.8. The topological polar surface area (TPSA) is 136 Å². The fraction of sp³-hybridized carbons (Fsp3) is 0.346. The molecule has 9 nitrogen and oxygen atoms in total. The van der Waals surface area contributed by atoms with E-state index in [-0.39, 0.29) is 12.4 Å². The van der Waals surface area contributed by atoms with E-state index in [0.29, 0.717) is 24.0 Å². The first-order chi connectivity index (χ1) is 17.7. The van der Waals surface area contributed by atoms with Crippen molar-refractivity contribution in [3.05, 3.63) is 59.5 Å². The van der Waals surface area contributed by atoms with Gasteiger partial charge in [-0.05, 0) is 56.6 Å². The second-order valence-corrected chi connectivity index (χ2v) is 10.0. The number of piperidine rings is 1. The van der Waals surface area contributed by atoms with Gasteiger partial charge in [0.15, 0.2) is 0 Å². The molecule has 0 radical (unpaired) electrons. The van der Waals surface area contributed by atoms with E-state index in [2.05, 4.69) is 21.8 Å². The molecule has 37 heavy (non-hydrogen) atoms. The second-order valence-electron chi connectivity index (χ2n) is 8.97. The lowest BCUT2D eigenvalue weighted by atomic mass is 9.92. The van der Waals surface area contributed by atoms with Crippen molar-refractivity contribution in [2.75, 3.05) is 19.7 Å². The Bertz CT molecular complexity index is 1380. The summed E-state index contributed by atoms with van der Waals surface area (Å²) in [6, 6.07) is 13.3. The fourth-order valence-corrected chi connectivity index (χ4v) is 5.64. The van der Waals surface area contributed by atoms with E-state index in [1.807, 2.05) is 36.5 Å². The molecule has 0 bridgehead atoms. The Morgan fingerprint density at radius 3 is 2.68 bits per heavy atom. The molecule has 1 aliphatic rings. The van der Waals surface area contributed by atoms with Gasteiger partial charge in [0.05, 0.1) is 9.71 Å². The molecule has 4 aromatic rings. The van der Waals surface area contributed by atoms with Crippen LogP contribution in [0.5, 0.6) is 5.75 Å². The number of rotatable bonds is 6. The molecule has 1 fully saturated rings. The van der Waals surface area contributed by atoms with Gasteiger partial charge in [0.25, 0.3) is 0 Å². The lowest BCUT2D eigenvalue weighted by molar-refractivity contribution is -0.159. The molecule has 3 heterocycles. The highest BCUT2D eigenvalue weighted by Crippen LogP contribution is 2.36. The highest BCUT2D eigenvalue weighted by atomic mass is 32.1. The smallest absolute Gasteiger partial charge is 0.414 e. The van der Waals surface area contributed by atoms with Crippen molar-refractivity contribution in [2.24, 2.45) is 0 Å². The Hall–Kier alpha value is -3.54. The van der Waals surface area contributed by atoms with E-state index < -0.39 is 18.0 Å². The zero-order chi connectivity index (χ0) is 26.5. The third-order valence-electron chi connectivity index (χ3n) is 6.36. The fourth-order valence-electron chi connectivity index (χ4n) is 4.51. The van der Waals surface area contributed by atoms with Crippen molar-refractivity contribution in [1.29, 1.82) is 0 Å². The molecule has 1 saturated heterocycles. The van der Waals surface area contributed by atoms with Crippen molar-refractivity contribution in [2.45, 2.75) is 37.8 Å². The van der Waals surface area contributed by atoms with E-state index in [9.17, 15) is 9.50 Å². The van der Waals surface area contributed by atoms with Crippen molar-refractivity contribution < 1.29 is 34.0 Å². The molecule has 196 valence electrons. The van der Waals surface area contributed by atoms with Crippen LogP contribution in [0.3, 0.4) is 0 Å². The number of carboxylic acid groups (broad SMARTS) is 2. The van der Waals surface area contributed by atoms with E-state index in [1.165, 1.54) is 6.07 Å². The quantitative estimate of drug-likeness (QED) is 0.274. The maximum absolute atomic E-state index is 14.0. The van der Waals surface area contributed by atoms with Crippen LogP contribution >= 0.6 is 11.3 Å². The summed E-state index contributed by atoms with van der Waals surface area (Å²) in [5.41, 5.74) is 1.51. The van der Waals surface area contributed by atoms with Gasteiger partial charge in [-0.3, -0.25) is 4.90 Å².